The van der Waals surface area contributed by atoms with Crippen molar-refractivity contribution >= 4 is 40.2 Å². The summed E-state index contributed by atoms with van der Waals surface area (Å²) in [7, 11) is 0. The smallest absolute Gasteiger partial charge is 0.280 e. The highest BCUT2D eigenvalue weighted by atomic mass is 32.2. The van der Waals surface area contributed by atoms with E-state index in [1.165, 1.54) is 18.7 Å². The Kier molecular flexibility index (Phi) is 7.45. The Morgan fingerprint density at radius 2 is 1.86 bits per heavy atom. The molecule has 0 saturated carbocycles. The molecule has 0 aliphatic heterocycles. The van der Waals surface area contributed by atoms with Gasteiger partial charge in [0.25, 0.3) is 5.56 Å². The molecule has 0 aliphatic rings. The molecule has 1 amide bonds. The second-order valence-corrected chi connectivity index (χ2v) is 9.10. The second kappa shape index (κ2) is 10.7. The van der Waals surface area contributed by atoms with Crippen molar-refractivity contribution in [1.29, 1.82) is 0 Å². The number of nitrogens with zero attached hydrogens (tertiary/aromatic N) is 4. The van der Waals surface area contributed by atoms with E-state index in [4.69, 9.17) is 4.98 Å². The van der Waals surface area contributed by atoms with Crippen molar-refractivity contribution in [3.63, 3.8) is 0 Å². The number of carbonyl (C=O) groups is 2. The molecule has 0 spiro atoms. The summed E-state index contributed by atoms with van der Waals surface area (Å²) in [5.41, 5.74) is 3.75. The number of amides is 1. The van der Waals surface area contributed by atoms with Gasteiger partial charge >= 0.3 is 0 Å². The summed E-state index contributed by atoms with van der Waals surface area (Å²) >= 11 is 1.21. The first-order valence-corrected chi connectivity index (χ1v) is 12.4. The minimum atomic E-state index is -0.249. The van der Waals surface area contributed by atoms with Crippen molar-refractivity contribution in [2.75, 3.05) is 11.1 Å². The molecule has 0 saturated heterocycles. The molecule has 4 aromatic rings. The molecule has 0 unspecified atom stereocenters. The molecular formula is C26H27N5O3S. The normalized spacial score (nSPS) is 11.1. The van der Waals surface area contributed by atoms with Crippen LogP contribution in [0.25, 0.3) is 11.0 Å². The lowest BCUT2D eigenvalue weighted by Gasteiger charge is -2.13. The summed E-state index contributed by atoms with van der Waals surface area (Å²) in [5.74, 6) is -0.256. The lowest BCUT2D eigenvalue weighted by Crippen LogP contribution is -2.26. The molecular weight excluding hydrogens is 462 g/mol. The highest BCUT2D eigenvalue weighted by molar-refractivity contribution is 7.99. The fourth-order valence-electron chi connectivity index (χ4n) is 3.85. The summed E-state index contributed by atoms with van der Waals surface area (Å²) in [6.07, 6.45) is 0.658. The molecule has 1 N–H and O–H groups in total. The first kappa shape index (κ1) is 24.4. The van der Waals surface area contributed by atoms with Crippen LogP contribution in [0.2, 0.25) is 0 Å². The number of ketones is 1. The maximum absolute atomic E-state index is 13.5. The number of Topliss-reactive ketones (excluding diaryl/α,β-unsaturated/α-hetero) is 1. The van der Waals surface area contributed by atoms with Crippen LogP contribution in [0.15, 0.2) is 64.5 Å². The zero-order chi connectivity index (χ0) is 24.9. The number of anilines is 1. The molecule has 180 valence electrons. The SMILES string of the molecule is CCn1nc(C)c2nc(SCC(=O)Nc3cccc(C(C)=O)c3)n(CCc3ccccc3)c(=O)c21. The van der Waals surface area contributed by atoms with Gasteiger partial charge in [-0.25, -0.2) is 4.98 Å². The van der Waals surface area contributed by atoms with E-state index in [0.717, 1.165) is 5.56 Å². The van der Waals surface area contributed by atoms with Crippen molar-refractivity contribution in [2.45, 2.75) is 45.4 Å². The Hall–Kier alpha value is -3.72. The van der Waals surface area contributed by atoms with Gasteiger partial charge < -0.3 is 5.32 Å². The molecule has 8 nitrogen and oxygen atoms in total. The minimum absolute atomic E-state index is 0.0640. The molecule has 35 heavy (non-hydrogen) atoms. The summed E-state index contributed by atoms with van der Waals surface area (Å²) in [5, 5.41) is 7.76. The number of nitrogens with one attached hydrogen (secondary N) is 1. The monoisotopic (exact) mass is 489 g/mol. The van der Waals surface area contributed by atoms with Gasteiger partial charge in [0.15, 0.2) is 16.5 Å². The molecule has 2 aromatic carbocycles. The highest BCUT2D eigenvalue weighted by Gasteiger charge is 2.19. The van der Waals surface area contributed by atoms with E-state index in [1.54, 1.807) is 33.5 Å². The quantitative estimate of drug-likeness (QED) is 0.216. The predicted octanol–water partition coefficient (Wildman–Crippen LogP) is 4.10. The topological polar surface area (TPSA) is 98.9 Å². The fraction of sp³-hybridized carbons (Fsp3) is 0.269. The van der Waals surface area contributed by atoms with E-state index in [1.807, 2.05) is 44.2 Å². The van der Waals surface area contributed by atoms with E-state index in [0.29, 0.717) is 52.6 Å². The second-order valence-electron chi connectivity index (χ2n) is 8.16. The third kappa shape index (κ3) is 5.51. The van der Waals surface area contributed by atoms with E-state index in [9.17, 15) is 14.4 Å². The van der Waals surface area contributed by atoms with Crippen molar-refractivity contribution in [2.24, 2.45) is 0 Å². The summed E-state index contributed by atoms with van der Waals surface area (Å²) in [6.45, 7) is 6.25. The van der Waals surface area contributed by atoms with E-state index in [-0.39, 0.29) is 23.0 Å². The Balaban J connectivity index is 1.60. The molecule has 4 rings (SSSR count). The third-order valence-electron chi connectivity index (χ3n) is 5.63. The highest BCUT2D eigenvalue weighted by Crippen LogP contribution is 2.21. The fourth-order valence-corrected chi connectivity index (χ4v) is 4.67. The Bertz CT molecular complexity index is 1440. The molecule has 0 radical (unpaired) electrons. The number of aromatic nitrogens is 4. The van der Waals surface area contributed by atoms with Gasteiger partial charge in [-0.2, -0.15) is 5.10 Å². The van der Waals surface area contributed by atoms with E-state index in [2.05, 4.69) is 10.4 Å². The first-order chi connectivity index (χ1) is 16.9. The standard InChI is InChI=1S/C26H27N5O3S/c1-4-31-24-23(17(2)29-31)28-26(30(25(24)34)14-13-19-9-6-5-7-10-19)35-16-22(33)27-21-12-8-11-20(15-21)18(3)32/h5-12,15H,4,13-14,16H2,1-3H3,(H,27,33). The van der Waals surface area contributed by atoms with Crippen LogP contribution in [0, 0.1) is 6.92 Å². The van der Waals surface area contributed by atoms with Gasteiger partial charge in [0.1, 0.15) is 5.52 Å². The van der Waals surface area contributed by atoms with E-state index >= 15 is 0 Å². The van der Waals surface area contributed by atoms with Crippen LogP contribution >= 0.6 is 11.8 Å². The molecule has 9 heteroatoms. The maximum Gasteiger partial charge on any atom is 0.280 e. The molecule has 0 bridgehead atoms. The van der Waals surface area contributed by atoms with Crippen LogP contribution in [-0.4, -0.2) is 36.8 Å². The number of carbonyl (C=O) groups excluding carboxylic acids is 2. The predicted molar refractivity (Wildman–Crippen MR) is 138 cm³/mol. The molecule has 2 aromatic heterocycles. The lowest BCUT2D eigenvalue weighted by molar-refractivity contribution is -0.113. The van der Waals surface area contributed by atoms with Gasteiger partial charge in [-0.05, 0) is 44.9 Å². The van der Waals surface area contributed by atoms with Crippen LogP contribution in [0.4, 0.5) is 5.69 Å². The number of hydrogen-bond acceptors (Lipinski definition) is 6. The van der Waals surface area contributed by atoms with Crippen LogP contribution in [0.3, 0.4) is 0 Å². The summed E-state index contributed by atoms with van der Waals surface area (Å²) in [6, 6.07) is 16.7. The molecule has 0 fully saturated rings. The van der Waals surface area contributed by atoms with Gasteiger partial charge in [0.2, 0.25) is 5.91 Å². The van der Waals surface area contributed by atoms with Crippen molar-refractivity contribution in [3.8, 4) is 0 Å². The van der Waals surface area contributed by atoms with Crippen LogP contribution in [0.5, 0.6) is 0 Å². The number of benzene rings is 2. The van der Waals surface area contributed by atoms with Gasteiger partial charge in [-0.1, -0.05) is 54.2 Å². The zero-order valence-corrected chi connectivity index (χ0v) is 20.8. The third-order valence-corrected chi connectivity index (χ3v) is 6.61. The maximum atomic E-state index is 13.5. The van der Waals surface area contributed by atoms with Gasteiger partial charge in [0.05, 0.1) is 11.4 Å². The summed E-state index contributed by atoms with van der Waals surface area (Å²) < 4.78 is 3.32. The zero-order valence-electron chi connectivity index (χ0n) is 19.9. The number of fused-ring (bicyclic) bond motifs is 1. The average Bonchev–Trinajstić information content (AvgIpc) is 3.18. The number of thioether (sulfide) groups is 1. The molecule has 2 heterocycles. The lowest BCUT2D eigenvalue weighted by atomic mass is 10.1. The van der Waals surface area contributed by atoms with E-state index < -0.39 is 0 Å². The molecule has 0 atom stereocenters. The van der Waals surface area contributed by atoms with Crippen LogP contribution in [0.1, 0.15) is 35.5 Å². The Morgan fingerprint density at radius 1 is 1.09 bits per heavy atom. The average molecular weight is 490 g/mol. The number of aryl methyl sites for hydroxylation is 3. The first-order valence-electron chi connectivity index (χ1n) is 11.4. The summed E-state index contributed by atoms with van der Waals surface area (Å²) in [4.78, 5) is 42.6. The molecule has 0 aliphatic carbocycles. The van der Waals surface area contributed by atoms with Gasteiger partial charge in [-0.3, -0.25) is 23.6 Å². The van der Waals surface area contributed by atoms with Crippen molar-refractivity contribution in [1.82, 2.24) is 19.3 Å². The van der Waals surface area contributed by atoms with Gasteiger partial charge in [-0.15, -0.1) is 0 Å². The van der Waals surface area contributed by atoms with Crippen molar-refractivity contribution in [3.05, 3.63) is 81.8 Å². The Morgan fingerprint density at radius 3 is 2.57 bits per heavy atom. The minimum Gasteiger partial charge on any atom is -0.325 e. The number of hydrogen-bond donors (Lipinski definition) is 1. The van der Waals surface area contributed by atoms with Crippen LogP contribution < -0.4 is 10.9 Å². The van der Waals surface area contributed by atoms with Crippen molar-refractivity contribution < 1.29 is 9.59 Å². The van der Waals surface area contributed by atoms with Gasteiger partial charge in [0, 0.05) is 24.3 Å². The largest absolute Gasteiger partial charge is 0.325 e. The Labute approximate surface area is 207 Å². The van der Waals surface area contributed by atoms with Crippen LogP contribution in [-0.2, 0) is 24.3 Å². The number of rotatable bonds is 9.